The highest BCUT2D eigenvalue weighted by Gasteiger charge is 2.45. The molecular weight excluding hydrogens is 825 g/mol. The number of piperidine rings is 2. The van der Waals surface area contributed by atoms with E-state index in [-0.39, 0.29) is 24.7 Å². The van der Waals surface area contributed by atoms with E-state index in [0.29, 0.717) is 54.4 Å². The lowest BCUT2D eigenvalue weighted by Gasteiger charge is -2.35. The Bertz CT molecular complexity index is 2390. The van der Waals surface area contributed by atoms with Crippen molar-refractivity contribution in [3.05, 3.63) is 107 Å². The van der Waals surface area contributed by atoms with Crippen LogP contribution in [0.1, 0.15) is 76.8 Å². The maximum absolute atomic E-state index is 13.3. The van der Waals surface area contributed by atoms with Crippen LogP contribution >= 0.6 is 0 Å². The first-order valence-corrected chi connectivity index (χ1v) is 22.8. The topological polar surface area (TPSA) is 204 Å². The summed E-state index contributed by atoms with van der Waals surface area (Å²) in [4.78, 5) is 61.0. The van der Waals surface area contributed by atoms with Gasteiger partial charge in [-0.05, 0) is 92.6 Å². The minimum atomic E-state index is -0.975. The lowest BCUT2D eigenvalue weighted by atomic mass is 10.0. The van der Waals surface area contributed by atoms with E-state index < -0.39 is 29.7 Å². The van der Waals surface area contributed by atoms with E-state index in [0.717, 1.165) is 112 Å². The van der Waals surface area contributed by atoms with Crippen molar-refractivity contribution < 1.29 is 29.0 Å². The van der Waals surface area contributed by atoms with E-state index in [4.69, 9.17) is 16.2 Å². The molecule has 65 heavy (non-hydrogen) atoms. The lowest BCUT2D eigenvalue weighted by molar-refractivity contribution is -0.136. The molecule has 4 amide bonds. The van der Waals surface area contributed by atoms with Crippen LogP contribution in [-0.2, 0) is 27.4 Å². The van der Waals surface area contributed by atoms with Gasteiger partial charge in [-0.1, -0.05) is 48.6 Å². The number of carbonyl (C=O) groups is 4. The molecule has 3 saturated heterocycles. The van der Waals surface area contributed by atoms with E-state index in [1.807, 2.05) is 24.3 Å². The third-order valence-electron chi connectivity index (χ3n) is 12.9. The third-order valence-corrected chi connectivity index (χ3v) is 12.9. The van der Waals surface area contributed by atoms with Gasteiger partial charge in [0.25, 0.3) is 11.8 Å². The number of nitrogens with zero attached hydrogens (tertiary/aromatic N) is 7. The maximum atomic E-state index is 13.3. The molecule has 3 aromatic carbocycles. The predicted molar refractivity (Wildman–Crippen MR) is 249 cm³/mol. The van der Waals surface area contributed by atoms with Crippen molar-refractivity contribution in [1.82, 2.24) is 30.2 Å². The fourth-order valence-electron chi connectivity index (χ4n) is 9.34. The van der Waals surface area contributed by atoms with Gasteiger partial charge in [0, 0.05) is 89.7 Å². The molecule has 0 bridgehead atoms. The number of piperazine rings is 1. The number of imide groups is 2. The molecule has 4 aliphatic heterocycles. The molecule has 3 fully saturated rings. The van der Waals surface area contributed by atoms with Gasteiger partial charge in [-0.2, -0.15) is 0 Å². The number of para-hydroxylation sites is 1. The Balaban J connectivity index is 0.773. The number of aromatic nitrogens is 2. The Hall–Kier alpha value is -6.20. The van der Waals surface area contributed by atoms with Gasteiger partial charge in [0.1, 0.15) is 11.8 Å². The van der Waals surface area contributed by atoms with Crippen LogP contribution in [0.3, 0.4) is 0 Å². The third kappa shape index (κ3) is 10.8. The van der Waals surface area contributed by atoms with Gasteiger partial charge in [0.15, 0.2) is 5.82 Å². The smallest absolute Gasteiger partial charge is 0.262 e. The zero-order chi connectivity index (χ0) is 45.5. The number of aromatic hydroxyl groups is 1. The normalized spacial score (nSPS) is 18.6. The van der Waals surface area contributed by atoms with E-state index in [1.165, 1.54) is 5.56 Å². The van der Waals surface area contributed by atoms with Gasteiger partial charge in [-0.15, -0.1) is 10.2 Å². The van der Waals surface area contributed by atoms with E-state index >= 15 is 0 Å². The van der Waals surface area contributed by atoms with Crippen LogP contribution in [0.4, 0.5) is 17.2 Å². The minimum Gasteiger partial charge on any atom is -0.507 e. The average Bonchev–Trinajstić information content (AvgIpc) is 3.55. The van der Waals surface area contributed by atoms with Gasteiger partial charge < -0.3 is 36.0 Å². The highest BCUT2D eigenvalue weighted by Crippen LogP contribution is 2.34. The molecule has 0 aliphatic carbocycles. The summed E-state index contributed by atoms with van der Waals surface area (Å²) in [6.45, 7) is 14.2. The van der Waals surface area contributed by atoms with Crippen molar-refractivity contribution in [3.8, 4) is 17.0 Å². The highest BCUT2D eigenvalue weighted by atomic mass is 16.5. The number of rotatable bonds is 18. The Kier molecular flexibility index (Phi) is 14.5. The molecule has 0 saturated carbocycles. The van der Waals surface area contributed by atoms with Gasteiger partial charge in [0.05, 0.1) is 28.6 Å². The van der Waals surface area contributed by atoms with Gasteiger partial charge in [-0.25, -0.2) is 0 Å². The van der Waals surface area contributed by atoms with E-state index in [2.05, 4.69) is 66.0 Å². The SMILES string of the molecule is C=C(CCCN)CN(Cc1cccc(CN2CCN(CCCOC3CCN(c4ccc5c(c4)C(=O)N(C4CCC(=O)NC4=O)C5=O)CC3)CC2)c1)c1cc(-c2ccccc2O)nnc1N. The number of phenols is 1. The summed E-state index contributed by atoms with van der Waals surface area (Å²) in [6.07, 6.45) is 4.75. The summed E-state index contributed by atoms with van der Waals surface area (Å²) in [5.41, 5.74) is 19.1. The first-order chi connectivity index (χ1) is 31.5. The van der Waals surface area contributed by atoms with Crippen LogP contribution in [0.5, 0.6) is 5.75 Å². The van der Waals surface area contributed by atoms with Crippen LogP contribution in [0.15, 0.2) is 84.9 Å². The fourth-order valence-corrected chi connectivity index (χ4v) is 9.34. The molecule has 0 spiro atoms. The lowest BCUT2D eigenvalue weighted by Crippen LogP contribution is -2.54. The second-order valence-corrected chi connectivity index (χ2v) is 17.5. The second kappa shape index (κ2) is 20.7. The van der Waals surface area contributed by atoms with Gasteiger partial charge in [-0.3, -0.25) is 34.3 Å². The van der Waals surface area contributed by atoms with Gasteiger partial charge >= 0.3 is 0 Å². The largest absolute Gasteiger partial charge is 0.507 e. The number of anilines is 3. The summed E-state index contributed by atoms with van der Waals surface area (Å²) in [5.74, 6) is -1.54. The van der Waals surface area contributed by atoms with Crippen molar-refractivity contribution >= 4 is 40.8 Å². The van der Waals surface area contributed by atoms with Crippen molar-refractivity contribution in [3.63, 3.8) is 0 Å². The number of hydrogen-bond donors (Lipinski definition) is 4. The number of nitrogen functional groups attached to an aromatic ring is 1. The maximum Gasteiger partial charge on any atom is 0.262 e. The van der Waals surface area contributed by atoms with Crippen LogP contribution < -0.4 is 26.6 Å². The average molecular weight is 885 g/mol. The fraction of sp³-hybridized carbons (Fsp3) is 0.429. The summed E-state index contributed by atoms with van der Waals surface area (Å²) >= 11 is 0. The number of nitrogens with one attached hydrogen (secondary N) is 1. The monoisotopic (exact) mass is 884 g/mol. The molecule has 342 valence electrons. The number of benzene rings is 3. The number of nitrogens with two attached hydrogens (primary N) is 2. The number of carbonyl (C=O) groups excluding carboxylic acids is 4. The van der Waals surface area contributed by atoms with Crippen molar-refractivity contribution in [2.45, 2.75) is 70.2 Å². The number of phenolic OH excluding ortho intramolecular Hbond substituents is 1. The molecule has 6 N–H and O–H groups in total. The van der Waals surface area contributed by atoms with E-state index in [1.54, 1.807) is 24.3 Å². The minimum absolute atomic E-state index is 0.0904. The Morgan fingerprint density at radius 2 is 1.58 bits per heavy atom. The summed E-state index contributed by atoms with van der Waals surface area (Å²) in [7, 11) is 0. The highest BCUT2D eigenvalue weighted by molar-refractivity contribution is 6.23. The molecule has 16 nitrogen and oxygen atoms in total. The molecule has 16 heteroatoms. The zero-order valence-electron chi connectivity index (χ0n) is 37.0. The first kappa shape index (κ1) is 45.4. The number of ether oxygens (including phenoxy) is 1. The van der Waals surface area contributed by atoms with Crippen molar-refractivity contribution in [2.75, 3.05) is 81.0 Å². The number of fused-ring (bicyclic) bond motifs is 1. The van der Waals surface area contributed by atoms with Crippen LogP contribution in [0.2, 0.25) is 0 Å². The van der Waals surface area contributed by atoms with E-state index in [9.17, 15) is 24.3 Å². The van der Waals surface area contributed by atoms with Gasteiger partial charge in [0.2, 0.25) is 11.8 Å². The standard InChI is InChI=1S/C49H60N10O6/c1-33(7-5-18-50)30-58(43-29-41(53-54-46(43)51)39-10-2-3-11-44(39)60)32-35-9-4-8-34(27-35)31-56-24-22-55(23-25-56)19-6-26-65-37-16-20-57(21-17-37)36-12-13-38-40(28-36)49(64)59(48(38)63)42-14-15-45(61)52-47(42)62/h2-4,8-13,27-29,37,42,60H,1,5-7,14-26,30-32,50H2,(H2,51,54)(H,52,61,62). The second-order valence-electron chi connectivity index (χ2n) is 17.5. The number of amides is 4. The molecule has 0 radical (unpaired) electrons. The molecule has 1 aromatic heterocycles. The Morgan fingerprint density at radius 1 is 0.831 bits per heavy atom. The molecule has 5 heterocycles. The number of hydrogen-bond acceptors (Lipinski definition) is 14. The summed E-state index contributed by atoms with van der Waals surface area (Å²) < 4.78 is 6.34. The van der Waals surface area contributed by atoms with Crippen LogP contribution in [0.25, 0.3) is 11.3 Å². The first-order valence-electron chi connectivity index (χ1n) is 22.8. The summed E-state index contributed by atoms with van der Waals surface area (Å²) in [6, 6.07) is 22.0. The molecule has 1 atom stereocenters. The van der Waals surface area contributed by atoms with Crippen LogP contribution in [0, 0.1) is 0 Å². The van der Waals surface area contributed by atoms with Crippen molar-refractivity contribution in [1.29, 1.82) is 0 Å². The molecule has 4 aliphatic rings. The Morgan fingerprint density at radius 3 is 2.35 bits per heavy atom. The molecule has 4 aromatic rings. The quantitative estimate of drug-likeness (QED) is 0.0625. The zero-order valence-corrected chi connectivity index (χ0v) is 37.0. The predicted octanol–water partition coefficient (Wildman–Crippen LogP) is 4.33. The van der Waals surface area contributed by atoms with Crippen LogP contribution in [-0.4, -0.2) is 131 Å². The molecule has 8 rings (SSSR count). The summed E-state index contributed by atoms with van der Waals surface area (Å²) in [5, 5.41) is 21.4. The Labute approximate surface area is 380 Å². The van der Waals surface area contributed by atoms with Crippen molar-refractivity contribution in [2.24, 2.45) is 5.73 Å². The molecule has 1 unspecified atom stereocenters. The molecular formula is C49H60N10O6.